The van der Waals surface area contributed by atoms with Crippen LogP contribution in [0.25, 0.3) is 0 Å². The summed E-state index contributed by atoms with van der Waals surface area (Å²) in [5, 5.41) is 7.84. The van der Waals surface area contributed by atoms with Gasteiger partial charge in [0.25, 0.3) is 11.8 Å². The van der Waals surface area contributed by atoms with Gasteiger partial charge in [-0.25, -0.2) is 0 Å². The van der Waals surface area contributed by atoms with Crippen molar-refractivity contribution in [1.29, 1.82) is 0 Å². The van der Waals surface area contributed by atoms with Crippen LogP contribution >= 0.6 is 22.9 Å². The highest BCUT2D eigenvalue weighted by Crippen LogP contribution is 2.34. The number of anilines is 2. The van der Waals surface area contributed by atoms with Crippen molar-refractivity contribution < 1.29 is 37.4 Å². The molecule has 0 radical (unpaired) electrons. The lowest BCUT2D eigenvalue weighted by molar-refractivity contribution is -0.131. The summed E-state index contributed by atoms with van der Waals surface area (Å²) in [6.45, 7) is -3.22. The van der Waals surface area contributed by atoms with Gasteiger partial charge in [0.1, 0.15) is 12.6 Å². The minimum Gasteiger partial charge on any atom is -0.433 e. The Labute approximate surface area is 225 Å². The van der Waals surface area contributed by atoms with Crippen molar-refractivity contribution in [2.75, 3.05) is 36.5 Å². The lowest BCUT2D eigenvalue weighted by Crippen LogP contribution is -2.52. The van der Waals surface area contributed by atoms with Crippen molar-refractivity contribution in [1.82, 2.24) is 10.6 Å². The lowest BCUT2D eigenvalue weighted by atomic mass is 9.84. The summed E-state index contributed by atoms with van der Waals surface area (Å²) in [6.07, 6.45) is 2.32. The Balaban J connectivity index is 1.49. The molecule has 1 atom stereocenters. The van der Waals surface area contributed by atoms with E-state index in [4.69, 9.17) is 16.3 Å². The zero-order valence-electron chi connectivity index (χ0n) is 20.0. The van der Waals surface area contributed by atoms with Gasteiger partial charge in [0.15, 0.2) is 5.75 Å². The Morgan fingerprint density at radius 2 is 2.00 bits per heavy atom. The molecule has 14 heteroatoms. The summed E-state index contributed by atoms with van der Waals surface area (Å²) in [7, 11) is 0. The van der Waals surface area contributed by atoms with Crippen LogP contribution in [0.1, 0.15) is 28.9 Å². The second-order valence-electron chi connectivity index (χ2n) is 8.65. The molecular formula is C24H25ClF2N4O6S. The van der Waals surface area contributed by atoms with Crippen LogP contribution in [0, 0.1) is 5.92 Å². The summed E-state index contributed by atoms with van der Waals surface area (Å²) in [5.41, 5.74) is 0.197. The minimum absolute atomic E-state index is 0.0920. The number of nitrogens with one attached hydrogen (secondary N) is 3. The number of carbonyl (C=O) groups excluding carboxylic acids is 4. The molecule has 2 fully saturated rings. The molecule has 204 valence electrons. The van der Waals surface area contributed by atoms with E-state index < -0.39 is 30.4 Å². The molecule has 4 amide bonds. The Hall–Kier alpha value is -3.29. The number of halogens is 3. The number of alkyl halides is 2. The van der Waals surface area contributed by atoms with Crippen molar-refractivity contribution >= 4 is 57.9 Å². The number of ether oxygens (including phenoxy) is 2. The third kappa shape index (κ3) is 6.97. The maximum atomic E-state index is 13.1. The number of carbonyl (C=O) groups is 4. The fourth-order valence-corrected chi connectivity index (χ4v) is 4.85. The highest BCUT2D eigenvalue weighted by Gasteiger charge is 2.30. The predicted octanol–water partition coefficient (Wildman–Crippen LogP) is 3.02. The van der Waals surface area contributed by atoms with Gasteiger partial charge in [-0.3, -0.25) is 19.2 Å². The molecule has 1 aromatic carbocycles. The summed E-state index contributed by atoms with van der Waals surface area (Å²) in [4.78, 5) is 52.0. The average Bonchev–Trinajstić information content (AvgIpc) is 3.27. The van der Waals surface area contributed by atoms with E-state index in [1.54, 1.807) is 6.07 Å². The number of hydrogen-bond acceptors (Lipinski definition) is 7. The number of morpholine rings is 1. The number of benzene rings is 1. The number of amides is 4. The molecule has 1 saturated carbocycles. The summed E-state index contributed by atoms with van der Waals surface area (Å²) >= 11 is 6.94. The first kappa shape index (κ1) is 27.7. The zero-order valence-corrected chi connectivity index (χ0v) is 21.6. The average molecular weight is 571 g/mol. The third-order valence-corrected chi connectivity index (χ3v) is 7.32. The van der Waals surface area contributed by atoms with E-state index in [1.807, 2.05) is 0 Å². The Kier molecular flexibility index (Phi) is 9.13. The lowest BCUT2D eigenvalue weighted by Gasteiger charge is -2.29. The smallest absolute Gasteiger partial charge is 0.387 e. The highest BCUT2D eigenvalue weighted by atomic mass is 35.5. The second kappa shape index (κ2) is 12.5. The van der Waals surface area contributed by atoms with Gasteiger partial charge in [0, 0.05) is 30.8 Å². The standard InChI is InChI=1S/C24H25ClF2N4O6S/c25-19-7-6-18(38-19)23(35)28-11-15(30-21(33)13-2-1-3-13)22(34)29-14-4-5-16(17(10-14)37-24(26)27)31-8-9-36-12-20(31)32/h4-7,10,13,15,24H,1-3,8-9,11-12H2,(H,28,35)(H,29,34)(H,30,33)/t15-/m0/s1. The van der Waals surface area contributed by atoms with Crippen LogP contribution in [0.4, 0.5) is 20.2 Å². The Morgan fingerprint density at radius 3 is 2.63 bits per heavy atom. The fourth-order valence-electron chi connectivity index (χ4n) is 3.89. The second-order valence-corrected chi connectivity index (χ2v) is 10.4. The molecule has 0 unspecified atom stereocenters. The molecule has 0 bridgehead atoms. The topological polar surface area (TPSA) is 126 Å². The van der Waals surface area contributed by atoms with Gasteiger partial charge in [-0.1, -0.05) is 18.0 Å². The van der Waals surface area contributed by atoms with E-state index >= 15 is 0 Å². The molecule has 4 rings (SSSR count). The van der Waals surface area contributed by atoms with Crippen molar-refractivity contribution in [3.8, 4) is 5.75 Å². The monoisotopic (exact) mass is 570 g/mol. The van der Waals surface area contributed by atoms with Gasteiger partial charge >= 0.3 is 6.61 Å². The van der Waals surface area contributed by atoms with Gasteiger partial charge in [-0.05, 0) is 37.1 Å². The van der Waals surface area contributed by atoms with Gasteiger partial charge in [-0.15, -0.1) is 11.3 Å². The quantitative estimate of drug-likeness (QED) is 0.403. The van der Waals surface area contributed by atoms with Gasteiger partial charge in [0.2, 0.25) is 11.8 Å². The molecule has 10 nitrogen and oxygen atoms in total. The van der Waals surface area contributed by atoms with E-state index in [2.05, 4.69) is 20.7 Å². The largest absolute Gasteiger partial charge is 0.433 e. The number of hydrogen-bond donors (Lipinski definition) is 3. The molecule has 1 saturated heterocycles. The molecule has 0 spiro atoms. The number of thiophene rings is 1. The van der Waals surface area contributed by atoms with Crippen molar-refractivity contribution in [2.24, 2.45) is 5.92 Å². The minimum atomic E-state index is -3.17. The fraction of sp³-hybridized carbons (Fsp3) is 0.417. The molecule has 38 heavy (non-hydrogen) atoms. The zero-order chi connectivity index (χ0) is 27.2. The van der Waals surface area contributed by atoms with E-state index in [1.165, 1.54) is 29.2 Å². The van der Waals surface area contributed by atoms with E-state index in [0.29, 0.717) is 22.1 Å². The summed E-state index contributed by atoms with van der Waals surface area (Å²) < 4.78 is 36.4. The molecule has 1 aromatic heterocycles. The number of rotatable bonds is 10. The number of nitrogens with zero attached hydrogens (tertiary/aromatic N) is 1. The van der Waals surface area contributed by atoms with Gasteiger partial charge in [0.05, 0.1) is 21.5 Å². The van der Waals surface area contributed by atoms with Gasteiger partial charge < -0.3 is 30.3 Å². The van der Waals surface area contributed by atoms with Crippen LogP contribution < -0.4 is 25.6 Å². The van der Waals surface area contributed by atoms with E-state index in [9.17, 15) is 28.0 Å². The van der Waals surface area contributed by atoms with Crippen LogP contribution in [-0.4, -0.2) is 62.6 Å². The van der Waals surface area contributed by atoms with Crippen LogP contribution in [0.5, 0.6) is 5.75 Å². The maximum Gasteiger partial charge on any atom is 0.387 e. The third-order valence-electron chi connectivity index (χ3n) is 6.09. The van der Waals surface area contributed by atoms with Crippen molar-refractivity contribution in [3.63, 3.8) is 0 Å². The molecule has 3 N–H and O–H groups in total. The molecule has 2 heterocycles. The molecule has 1 aliphatic carbocycles. The van der Waals surface area contributed by atoms with Crippen LogP contribution in [0.15, 0.2) is 30.3 Å². The molecule has 1 aliphatic heterocycles. The maximum absolute atomic E-state index is 13.1. The normalized spacial score (nSPS) is 16.5. The van der Waals surface area contributed by atoms with Crippen LogP contribution in [0.2, 0.25) is 4.34 Å². The van der Waals surface area contributed by atoms with E-state index in [-0.39, 0.29) is 55.3 Å². The first-order valence-electron chi connectivity index (χ1n) is 11.8. The molecule has 2 aromatic rings. The first-order valence-corrected chi connectivity index (χ1v) is 13.0. The SMILES string of the molecule is O=C(NC[C@H](NC(=O)C1CCC1)C(=O)Nc1ccc(N2CCOCC2=O)c(OC(F)F)c1)c1ccc(Cl)s1. The van der Waals surface area contributed by atoms with E-state index in [0.717, 1.165) is 17.8 Å². The van der Waals surface area contributed by atoms with Crippen LogP contribution in [0.3, 0.4) is 0 Å². The summed E-state index contributed by atoms with van der Waals surface area (Å²) in [6, 6.07) is 5.92. The Morgan fingerprint density at radius 1 is 1.21 bits per heavy atom. The van der Waals surface area contributed by atoms with Crippen molar-refractivity contribution in [2.45, 2.75) is 31.9 Å². The first-order chi connectivity index (χ1) is 18.2. The molecule has 2 aliphatic rings. The summed E-state index contributed by atoms with van der Waals surface area (Å²) in [5.74, 6) is -2.41. The predicted molar refractivity (Wildman–Crippen MR) is 136 cm³/mol. The highest BCUT2D eigenvalue weighted by molar-refractivity contribution is 7.18. The van der Waals surface area contributed by atoms with Crippen LogP contribution in [-0.2, 0) is 19.1 Å². The Bertz CT molecular complexity index is 1210. The molecular weight excluding hydrogens is 546 g/mol. The van der Waals surface area contributed by atoms with Gasteiger partial charge in [-0.2, -0.15) is 8.78 Å². The van der Waals surface area contributed by atoms with Crippen molar-refractivity contribution in [3.05, 3.63) is 39.5 Å².